The van der Waals surface area contributed by atoms with Crippen LogP contribution in [0, 0.1) is 6.92 Å². The number of fused-ring (bicyclic) bond motifs is 2. The Morgan fingerprint density at radius 2 is 1.65 bits per heavy atom. The molecule has 1 aliphatic heterocycles. The molecule has 114 valence electrons. The lowest BCUT2D eigenvalue weighted by molar-refractivity contribution is 1.12. The molecule has 3 heteroatoms. The second-order valence-corrected chi connectivity index (χ2v) is 6.80. The van der Waals surface area contributed by atoms with Crippen LogP contribution in [0.15, 0.2) is 76.5 Å². The minimum Gasteiger partial charge on any atom is -0.381 e. The van der Waals surface area contributed by atoms with Gasteiger partial charge >= 0.3 is 0 Å². The summed E-state index contributed by atoms with van der Waals surface area (Å²) in [6.07, 6.45) is 0. The molecule has 2 nitrogen and oxygen atoms in total. The van der Waals surface area contributed by atoms with Crippen LogP contribution in [0.5, 0.6) is 0 Å². The molecule has 0 radical (unpaired) electrons. The maximum absolute atomic E-state index is 3.53. The van der Waals surface area contributed by atoms with Crippen LogP contribution in [-0.2, 0) is 6.54 Å². The lowest BCUT2D eigenvalue weighted by Gasteiger charge is -2.21. The molecule has 2 N–H and O–H groups in total. The number of hydrogen-bond donors (Lipinski definition) is 2. The molecule has 0 fully saturated rings. The highest BCUT2D eigenvalue weighted by molar-refractivity contribution is 7.99. The van der Waals surface area contributed by atoms with Gasteiger partial charge in [0.05, 0.1) is 11.4 Å². The normalized spacial score (nSPS) is 12.0. The van der Waals surface area contributed by atoms with Gasteiger partial charge in [-0.15, -0.1) is 0 Å². The second-order valence-electron chi connectivity index (χ2n) is 5.71. The molecule has 0 atom stereocenters. The van der Waals surface area contributed by atoms with E-state index < -0.39 is 0 Å². The zero-order valence-corrected chi connectivity index (χ0v) is 13.8. The van der Waals surface area contributed by atoms with Gasteiger partial charge in [0, 0.05) is 22.0 Å². The van der Waals surface area contributed by atoms with Crippen molar-refractivity contribution in [2.24, 2.45) is 0 Å². The van der Waals surface area contributed by atoms with Gasteiger partial charge in [-0.05, 0) is 48.4 Å². The predicted octanol–water partition coefficient (Wildman–Crippen LogP) is 5.82. The molecule has 1 aliphatic rings. The summed E-state index contributed by atoms with van der Waals surface area (Å²) in [6.45, 7) is 2.99. The van der Waals surface area contributed by atoms with E-state index in [1.165, 1.54) is 32.3 Å². The maximum Gasteiger partial charge on any atom is 0.0547 e. The summed E-state index contributed by atoms with van der Waals surface area (Å²) < 4.78 is 0. The van der Waals surface area contributed by atoms with Crippen molar-refractivity contribution in [2.75, 3.05) is 10.6 Å². The zero-order valence-electron chi connectivity index (χ0n) is 13.0. The van der Waals surface area contributed by atoms with Gasteiger partial charge in [0.25, 0.3) is 0 Å². The van der Waals surface area contributed by atoms with Crippen LogP contribution in [0.1, 0.15) is 11.1 Å². The van der Waals surface area contributed by atoms with Gasteiger partial charge < -0.3 is 10.6 Å². The molecule has 3 aromatic carbocycles. The Morgan fingerprint density at radius 3 is 2.57 bits per heavy atom. The standard InChI is InChI=1S/C20H18N2S/c1-14-6-2-3-7-15(14)13-21-16-10-11-20-18(12-16)22-17-8-4-5-9-19(17)23-20/h2-12,21-22H,13H2,1H3. The molecule has 0 spiro atoms. The topological polar surface area (TPSA) is 24.1 Å². The molecule has 0 aromatic heterocycles. The summed E-state index contributed by atoms with van der Waals surface area (Å²) in [5.74, 6) is 0. The predicted molar refractivity (Wildman–Crippen MR) is 98.8 cm³/mol. The first-order chi connectivity index (χ1) is 11.3. The van der Waals surface area contributed by atoms with Crippen molar-refractivity contribution in [1.82, 2.24) is 0 Å². The fraction of sp³-hybridized carbons (Fsp3) is 0.100. The Bertz CT molecular complexity index is 858. The highest BCUT2D eigenvalue weighted by Gasteiger charge is 2.15. The number of aryl methyl sites for hydroxylation is 1. The Balaban J connectivity index is 1.53. The van der Waals surface area contributed by atoms with E-state index in [1.807, 2.05) is 11.8 Å². The van der Waals surface area contributed by atoms with E-state index in [-0.39, 0.29) is 0 Å². The third kappa shape index (κ3) is 2.92. The van der Waals surface area contributed by atoms with E-state index in [1.54, 1.807) is 0 Å². The van der Waals surface area contributed by atoms with Gasteiger partial charge in [-0.3, -0.25) is 0 Å². The first-order valence-corrected chi connectivity index (χ1v) is 8.57. The lowest BCUT2D eigenvalue weighted by Crippen LogP contribution is -2.03. The number of nitrogens with one attached hydrogen (secondary N) is 2. The second kappa shape index (κ2) is 6.01. The molecule has 3 aromatic rings. The number of hydrogen-bond acceptors (Lipinski definition) is 3. The Morgan fingerprint density at radius 1 is 0.870 bits per heavy atom. The molecule has 1 heterocycles. The van der Waals surface area contributed by atoms with Crippen molar-refractivity contribution in [2.45, 2.75) is 23.3 Å². The maximum atomic E-state index is 3.53. The SMILES string of the molecule is Cc1ccccc1CNc1ccc2c(c1)Nc1ccccc1S2. The van der Waals surface area contributed by atoms with Crippen molar-refractivity contribution in [1.29, 1.82) is 0 Å². The third-order valence-electron chi connectivity index (χ3n) is 4.10. The Hall–Kier alpha value is -2.39. The van der Waals surface area contributed by atoms with E-state index in [0.717, 1.165) is 12.2 Å². The summed E-state index contributed by atoms with van der Waals surface area (Å²) >= 11 is 1.82. The summed E-state index contributed by atoms with van der Waals surface area (Å²) in [7, 11) is 0. The number of rotatable bonds is 3. The quantitative estimate of drug-likeness (QED) is 0.498. The minimum atomic E-state index is 0.842. The first-order valence-electron chi connectivity index (χ1n) is 7.76. The molecule has 0 saturated heterocycles. The average molecular weight is 318 g/mol. The average Bonchev–Trinajstić information content (AvgIpc) is 2.59. The molecule has 0 bridgehead atoms. The third-order valence-corrected chi connectivity index (χ3v) is 5.25. The van der Waals surface area contributed by atoms with Gasteiger partial charge in [-0.2, -0.15) is 0 Å². The number of para-hydroxylation sites is 1. The van der Waals surface area contributed by atoms with E-state index in [9.17, 15) is 0 Å². The monoisotopic (exact) mass is 318 g/mol. The van der Waals surface area contributed by atoms with E-state index in [2.05, 4.69) is 84.3 Å². The summed E-state index contributed by atoms with van der Waals surface area (Å²) in [4.78, 5) is 2.55. The van der Waals surface area contributed by atoms with E-state index in [4.69, 9.17) is 0 Å². The summed E-state index contributed by atoms with van der Waals surface area (Å²) in [6, 6.07) is 23.4. The van der Waals surface area contributed by atoms with Gasteiger partial charge in [-0.25, -0.2) is 0 Å². The summed E-state index contributed by atoms with van der Waals surface area (Å²) in [5.41, 5.74) is 6.14. The molecule has 0 unspecified atom stereocenters. The van der Waals surface area contributed by atoms with Gasteiger partial charge in [0.1, 0.15) is 0 Å². The van der Waals surface area contributed by atoms with Crippen LogP contribution in [0.4, 0.5) is 17.1 Å². The minimum absolute atomic E-state index is 0.842. The van der Waals surface area contributed by atoms with Crippen molar-refractivity contribution in [3.8, 4) is 0 Å². The van der Waals surface area contributed by atoms with Gasteiger partial charge in [-0.1, -0.05) is 48.2 Å². The highest BCUT2D eigenvalue weighted by Crippen LogP contribution is 2.44. The highest BCUT2D eigenvalue weighted by atomic mass is 32.2. The fourth-order valence-electron chi connectivity index (χ4n) is 2.75. The molecule has 4 rings (SSSR count). The fourth-order valence-corrected chi connectivity index (χ4v) is 3.72. The molecular weight excluding hydrogens is 300 g/mol. The van der Waals surface area contributed by atoms with Crippen LogP contribution in [0.2, 0.25) is 0 Å². The van der Waals surface area contributed by atoms with Crippen molar-refractivity contribution in [3.63, 3.8) is 0 Å². The molecule has 23 heavy (non-hydrogen) atoms. The molecule has 0 saturated carbocycles. The number of benzene rings is 3. The van der Waals surface area contributed by atoms with Crippen molar-refractivity contribution in [3.05, 3.63) is 77.9 Å². The Kier molecular flexibility index (Phi) is 3.72. The van der Waals surface area contributed by atoms with Crippen molar-refractivity contribution < 1.29 is 0 Å². The van der Waals surface area contributed by atoms with E-state index >= 15 is 0 Å². The van der Waals surface area contributed by atoms with Gasteiger partial charge in [0.2, 0.25) is 0 Å². The largest absolute Gasteiger partial charge is 0.381 e. The van der Waals surface area contributed by atoms with Crippen LogP contribution in [-0.4, -0.2) is 0 Å². The van der Waals surface area contributed by atoms with Crippen LogP contribution in [0.3, 0.4) is 0 Å². The van der Waals surface area contributed by atoms with Crippen LogP contribution in [0.25, 0.3) is 0 Å². The molecule has 0 amide bonds. The molecule has 0 aliphatic carbocycles. The van der Waals surface area contributed by atoms with Crippen LogP contribution < -0.4 is 10.6 Å². The zero-order chi connectivity index (χ0) is 15.6. The lowest BCUT2D eigenvalue weighted by atomic mass is 10.1. The number of anilines is 3. The summed E-state index contributed by atoms with van der Waals surface area (Å²) in [5, 5.41) is 7.06. The smallest absolute Gasteiger partial charge is 0.0547 e. The first kappa shape index (κ1) is 14.2. The van der Waals surface area contributed by atoms with Crippen LogP contribution >= 0.6 is 11.8 Å². The molecular formula is C20H18N2S. The van der Waals surface area contributed by atoms with Crippen molar-refractivity contribution >= 4 is 28.8 Å². The van der Waals surface area contributed by atoms with E-state index in [0.29, 0.717) is 0 Å². The Labute approximate surface area is 140 Å². The van der Waals surface area contributed by atoms with Gasteiger partial charge in [0.15, 0.2) is 0 Å².